The Morgan fingerprint density at radius 2 is 2.17 bits per heavy atom. The molecule has 0 heterocycles. The third kappa shape index (κ3) is 1.98. The molecule has 1 aromatic rings. The summed E-state index contributed by atoms with van der Waals surface area (Å²) in [5.74, 6) is 0.434. The molecule has 0 N–H and O–H groups in total. The Morgan fingerprint density at radius 3 is 2.78 bits per heavy atom. The van der Waals surface area contributed by atoms with E-state index in [-0.39, 0.29) is 5.92 Å². The summed E-state index contributed by atoms with van der Waals surface area (Å²) >= 11 is 0. The number of hydrogen-bond donors (Lipinski definition) is 0. The molecule has 4 heteroatoms. The van der Waals surface area contributed by atoms with Gasteiger partial charge in [-0.1, -0.05) is 13.0 Å². The van der Waals surface area contributed by atoms with E-state index >= 15 is 0 Å². The van der Waals surface area contributed by atoms with E-state index in [0.29, 0.717) is 11.5 Å². The average molecular weight is 250 g/mol. The van der Waals surface area contributed by atoms with Crippen LogP contribution in [-0.2, 0) is 9.53 Å². The van der Waals surface area contributed by atoms with Crippen LogP contribution >= 0.6 is 0 Å². The van der Waals surface area contributed by atoms with Gasteiger partial charge in [-0.15, -0.1) is 0 Å². The summed E-state index contributed by atoms with van der Waals surface area (Å²) in [5, 5.41) is 0. The van der Waals surface area contributed by atoms with Crippen LogP contribution in [0.1, 0.15) is 30.9 Å². The number of alkyl halides is 1. The lowest BCUT2D eigenvalue weighted by Crippen LogP contribution is -2.05. The first kappa shape index (κ1) is 12.6. The number of benzene rings is 1. The largest absolute Gasteiger partial charge is 0.497 e. The van der Waals surface area contributed by atoms with Crippen molar-refractivity contribution >= 4 is 11.7 Å². The number of fused-ring (bicyclic) bond motifs is 1. The van der Waals surface area contributed by atoms with Gasteiger partial charge in [0, 0.05) is 11.5 Å². The highest BCUT2D eigenvalue weighted by atomic mass is 19.1. The molecule has 96 valence electrons. The average Bonchev–Trinajstić information content (AvgIpc) is 2.63. The maximum absolute atomic E-state index is 12.3. The normalized spacial score (nSPS) is 17.7. The lowest BCUT2D eigenvalue weighted by atomic mass is 9.99. The minimum atomic E-state index is -1.12. The summed E-state index contributed by atoms with van der Waals surface area (Å²) < 4.78 is 22.5. The van der Waals surface area contributed by atoms with Crippen molar-refractivity contribution in [2.75, 3.05) is 13.8 Å². The predicted molar refractivity (Wildman–Crippen MR) is 66.1 cm³/mol. The Morgan fingerprint density at radius 1 is 1.44 bits per heavy atom. The molecule has 18 heavy (non-hydrogen) atoms. The van der Waals surface area contributed by atoms with Crippen LogP contribution in [-0.4, -0.2) is 19.8 Å². The highest BCUT2D eigenvalue weighted by Gasteiger charge is 2.28. The smallest absolute Gasteiger partial charge is 0.342 e. The standard InChI is InChI=1S/C14H15FO3/c1-8-9(2)14(18-13(16)7-15)12-6-10(17-3)4-5-11(8)12/h4-6,8H,7H2,1-3H3. The predicted octanol–water partition coefficient (Wildman–Crippen LogP) is 3.06. The summed E-state index contributed by atoms with van der Waals surface area (Å²) in [6.07, 6.45) is 0. The first-order chi connectivity index (χ1) is 8.58. The molecular weight excluding hydrogens is 235 g/mol. The zero-order chi connectivity index (χ0) is 13.3. The molecule has 1 aliphatic rings. The van der Waals surface area contributed by atoms with Gasteiger partial charge in [-0.05, 0) is 30.2 Å². The third-order valence-corrected chi connectivity index (χ3v) is 3.30. The van der Waals surface area contributed by atoms with E-state index in [1.165, 1.54) is 0 Å². The number of carbonyl (C=O) groups excluding carboxylic acids is 1. The number of rotatable bonds is 3. The van der Waals surface area contributed by atoms with Crippen molar-refractivity contribution in [2.24, 2.45) is 0 Å². The fourth-order valence-corrected chi connectivity index (χ4v) is 2.16. The summed E-state index contributed by atoms with van der Waals surface area (Å²) in [5.41, 5.74) is 2.80. The number of methoxy groups -OCH3 is 1. The molecule has 0 aromatic heterocycles. The molecule has 0 fully saturated rings. The van der Waals surface area contributed by atoms with Crippen LogP contribution in [0.15, 0.2) is 23.8 Å². The van der Waals surface area contributed by atoms with Crippen molar-refractivity contribution in [3.05, 3.63) is 34.9 Å². The molecule has 0 saturated heterocycles. The van der Waals surface area contributed by atoms with Crippen LogP contribution in [0.25, 0.3) is 5.76 Å². The quantitative estimate of drug-likeness (QED) is 0.773. The fourth-order valence-electron chi connectivity index (χ4n) is 2.16. The van der Waals surface area contributed by atoms with E-state index in [1.807, 2.05) is 32.0 Å². The van der Waals surface area contributed by atoms with E-state index < -0.39 is 12.6 Å². The Balaban J connectivity index is 2.44. The fraction of sp³-hybridized carbons (Fsp3) is 0.357. The second-order valence-electron chi connectivity index (χ2n) is 4.29. The first-order valence-electron chi connectivity index (χ1n) is 5.74. The Labute approximate surface area is 105 Å². The molecule has 0 spiro atoms. The highest BCUT2D eigenvalue weighted by Crippen LogP contribution is 2.43. The summed E-state index contributed by atoms with van der Waals surface area (Å²) in [6.45, 7) is 2.79. The molecule has 1 aliphatic carbocycles. The monoisotopic (exact) mass is 250 g/mol. The Kier molecular flexibility index (Phi) is 3.36. The SMILES string of the molecule is COc1ccc2c(c1)C(OC(=O)CF)=C(C)C2C. The Hall–Kier alpha value is -1.84. The zero-order valence-electron chi connectivity index (χ0n) is 10.6. The summed E-state index contributed by atoms with van der Waals surface area (Å²) in [7, 11) is 1.57. The Bertz CT molecular complexity index is 520. The summed E-state index contributed by atoms with van der Waals surface area (Å²) in [6, 6.07) is 5.62. The second kappa shape index (κ2) is 4.80. The lowest BCUT2D eigenvalue weighted by Gasteiger charge is -2.08. The van der Waals surface area contributed by atoms with Gasteiger partial charge in [0.05, 0.1) is 7.11 Å². The van der Waals surface area contributed by atoms with Gasteiger partial charge in [0.2, 0.25) is 0 Å². The number of halogens is 1. The molecule has 2 rings (SSSR count). The molecule has 0 aliphatic heterocycles. The zero-order valence-corrected chi connectivity index (χ0v) is 10.6. The van der Waals surface area contributed by atoms with Crippen molar-refractivity contribution < 1.29 is 18.7 Å². The van der Waals surface area contributed by atoms with E-state index in [2.05, 4.69) is 0 Å². The minimum Gasteiger partial charge on any atom is -0.497 e. The topological polar surface area (TPSA) is 35.5 Å². The van der Waals surface area contributed by atoms with E-state index in [9.17, 15) is 9.18 Å². The van der Waals surface area contributed by atoms with Crippen molar-refractivity contribution in [2.45, 2.75) is 19.8 Å². The van der Waals surface area contributed by atoms with Gasteiger partial charge in [-0.3, -0.25) is 0 Å². The molecule has 0 radical (unpaired) electrons. The molecule has 0 bridgehead atoms. The molecule has 1 aromatic carbocycles. The molecule has 0 saturated carbocycles. The van der Waals surface area contributed by atoms with Crippen LogP contribution in [0, 0.1) is 0 Å². The van der Waals surface area contributed by atoms with Crippen molar-refractivity contribution in [1.29, 1.82) is 0 Å². The van der Waals surface area contributed by atoms with Crippen LogP contribution in [0.2, 0.25) is 0 Å². The highest BCUT2D eigenvalue weighted by molar-refractivity contribution is 5.84. The summed E-state index contributed by atoms with van der Waals surface area (Å²) in [4.78, 5) is 11.1. The lowest BCUT2D eigenvalue weighted by molar-refractivity contribution is -0.137. The number of ether oxygens (including phenoxy) is 2. The van der Waals surface area contributed by atoms with Crippen LogP contribution < -0.4 is 4.74 Å². The van der Waals surface area contributed by atoms with Crippen molar-refractivity contribution in [1.82, 2.24) is 0 Å². The van der Waals surface area contributed by atoms with Gasteiger partial charge in [-0.25, -0.2) is 9.18 Å². The third-order valence-electron chi connectivity index (χ3n) is 3.30. The number of carbonyl (C=O) groups is 1. The van der Waals surface area contributed by atoms with E-state index in [4.69, 9.17) is 9.47 Å². The van der Waals surface area contributed by atoms with Crippen molar-refractivity contribution in [3.8, 4) is 5.75 Å². The van der Waals surface area contributed by atoms with Crippen molar-refractivity contribution in [3.63, 3.8) is 0 Å². The van der Waals surface area contributed by atoms with Gasteiger partial charge >= 0.3 is 5.97 Å². The van der Waals surface area contributed by atoms with Crippen LogP contribution in [0.4, 0.5) is 4.39 Å². The maximum atomic E-state index is 12.3. The number of allylic oxidation sites excluding steroid dienone is 1. The molecule has 1 unspecified atom stereocenters. The number of esters is 1. The molecule has 0 amide bonds. The van der Waals surface area contributed by atoms with Gasteiger partial charge in [-0.2, -0.15) is 0 Å². The molecular formula is C14H15FO3. The maximum Gasteiger partial charge on any atom is 0.342 e. The van der Waals surface area contributed by atoms with Gasteiger partial charge in [0.1, 0.15) is 11.5 Å². The first-order valence-corrected chi connectivity index (χ1v) is 5.74. The van der Waals surface area contributed by atoms with Crippen LogP contribution in [0.5, 0.6) is 5.75 Å². The van der Waals surface area contributed by atoms with Gasteiger partial charge in [0.15, 0.2) is 6.67 Å². The minimum absolute atomic E-state index is 0.160. The van der Waals surface area contributed by atoms with Gasteiger partial charge < -0.3 is 9.47 Å². The van der Waals surface area contributed by atoms with Crippen LogP contribution in [0.3, 0.4) is 0 Å². The molecule has 1 atom stereocenters. The van der Waals surface area contributed by atoms with E-state index in [0.717, 1.165) is 16.7 Å². The number of hydrogen-bond acceptors (Lipinski definition) is 3. The molecule has 3 nitrogen and oxygen atoms in total. The second-order valence-corrected chi connectivity index (χ2v) is 4.29. The van der Waals surface area contributed by atoms with Gasteiger partial charge in [0.25, 0.3) is 0 Å². The van der Waals surface area contributed by atoms with E-state index in [1.54, 1.807) is 7.11 Å².